The van der Waals surface area contributed by atoms with Crippen molar-refractivity contribution < 1.29 is 9.47 Å². The molecule has 1 fully saturated rings. The lowest BCUT2D eigenvalue weighted by Crippen LogP contribution is -2.41. The van der Waals surface area contributed by atoms with E-state index < -0.39 is 0 Å². The summed E-state index contributed by atoms with van der Waals surface area (Å²) in [5, 5.41) is 8.19. The van der Waals surface area contributed by atoms with Crippen molar-refractivity contribution in [2.75, 3.05) is 26.3 Å². The van der Waals surface area contributed by atoms with Gasteiger partial charge < -0.3 is 14.8 Å². The van der Waals surface area contributed by atoms with Crippen molar-refractivity contribution in [1.82, 2.24) is 15.1 Å². The molecule has 1 aromatic heterocycles. The zero-order chi connectivity index (χ0) is 12.3. The number of aromatic nitrogens is 2. The number of hydrogen-bond acceptors (Lipinski definition) is 4. The van der Waals surface area contributed by atoms with Crippen LogP contribution in [-0.2, 0) is 23.1 Å². The Morgan fingerprint density at radius 2 is 2.47 bits per heavy atom. The van der Waals surface area contributed by atoms with E-state index in [2.05, 4.69) is 10.4 Å². The van der Waals surface area contributed by atoms with Crippen molar-refractivity contribution in [2.24, 2.45) is 7.05 Å². The number of halogens is 1. The normalized spacial score (nSPS) is 20.8. The van der Waals surface area contributed by atoms with Crippen molar-refractivity contribution in [3.8, 4) is 0 Å². The number of ether oxygens (including phenoxy) is 2. The highest BCUT2D eigenvalue weighted by Crippen LogP contribution is 2.20. The monoisotopic (exact) mass is 259 g/mol. The van der Waals surface area contributed by atoms with Gasteiger partial charge in [0.25, 0.3) is 0 Å². The van der Waals surface area contributed by atoms with E-state index in [1.165, 1.54) is 0 Å². The van der Waals surface area contributed by atoms with Gasteiger partial charge in [-0.3, -0.25) is 4.68 Å². The second kappa shape index (κ2) is 5.82. The second-order valence-electron chi connectivity index (χ2n) is 4.18. The van der Waals surface area contributed by atoms with Crippen LogP contribution in [0.2, 0.25) is 5.02 Å². The molecule has 1 unspecified atom stereocenters. The van der Waals surface area contributed by atoms with Crippen LogP contribution < -0.4 is 5.32 Å². The molecule has 2 rings (SSSR count). The van der Waals surface area contributed by atoms with Gasteiger partial charge in [-0.15, -0.1) is 0 Å². The smallest absolute Gasteiger partial charge is 0.0933 e. The second-order valence-corrected chi connectivity index (χ2v) is 4.56. The molecule has 1 aliphatic heterocycles. The summed E-state index contributed by atoms with van der Waals surface area (Å²) in [6.45, 7) is 5.45. The van der Waals surface area contributed by atoms with Gasteiger partial charge >= 0.3 is 0 Å². The van der Waals surface area contributed by atoms with Crippen molar-refractivity contribution in [1.29, 1.82) is 0 Å². The molecule has 1 saturated heterocycles. The van der Waals surface area contributed by atoms with Crippen LogP contribution >= 0.6 is 11.6 Å². The number of rotatable bonds is 4. The van der Waals surface area contributed by atoms with E-state index in [0.29, 0.717) is 18.2 Å². The van der Waals surface area contributed by atoms with Crippen LogP contribution in [0.25, 0.3) is 0 Å². The standard InChI is InChI=1S/C11H18ClN3O2/c1-8-11(12)10(15(2)14-8)7-16-6-9-5-13-3-4-17-9/h9,13H,3-7H2,1-2H3. The molecule has 0 amide bonds. The van der Waals surface area contributed by atoms with Crippen molar-refractivity contribution >= 4 is 11.6 Å². The maximum Gasteiger partial charge on any atom is 0.0933 e. The molecule has 0 radical (unpaired) electrons. The maximum absolute atomic E-state index is 6.13. The molecule has 0 bridgehead atoms. The van der Waals surface area contributed by atoms with Gasteiger partial charge in [-0.1, -0.05) is 11.6 Å². The Bertz CT molecular complexity index is 375. The summed E-state index contributed by atoms with van der Waals surface area (Å²) in [6.07, 6.45) is 0.136. The third kappa shape index (κ3) is 3.19. The van der Waals surface area contributed by atoms with Crippen LogP contribution in [0.1, 0.15) is 11.4 Å². The predicted octanol–water partition coefficient (Wildman–Crippen LogP) is 0.887. The zero-order valence-electron chi connectivity index (χ0n) is 10.2. The third-order valence-corrected chi connectivity index (χ3v) is 3.30. The van der Waals surface area contributed by atoms with E-state index in [9.17, 15) is 0 Å². The number of nitrogens with zero attached hydrogens (tertiary/aromatic N) is 2. The molecule has 17 heavy (non-hydrogen) atoms. The van der Waals surface area contributed by atoms with Gasteiger partial charge in [0.1, 0.15) is 0 Å². The Balaban J connectivity index is 1.81. The van der Waals surface area contributed by atoms with Crippen molar-refractivity contribution in [3.63, 3.8) is 0 Å². The summed E-state index contributed by atoms with van der Waals surface area (Å²) in [7, 11) is 1.87. The summed E-state index contributed by atoms with van der Waals surface area (Å²) in [5.74, 6) is 0. The van der Waals surface area contributed by atoms with E-state index >= 15 is 0 Å². The van der Waals surface area contributed by atoms with Gasteiger partial charge in [0, 0.05) is 20.1 Å². The predicted molar refractivity (Wildman–Crippen MR) is 65.2 cm³/mol. The number of hydrogen-bond donors (Lipinski definition) is 1. The molecule has 0 spiro atoms. The average molecular weight is 260 g/mol. The summed E-state index contributed by atoms with van der Waals surface area (Å²) < 4.78 is 12.9. The Morgan fingerprint density at radius 3 is 3.06 bits per heavy atom. The van der Waals surface area contributed by atoms with Crippen LogP contribution in [0.4, 0.5) is 0 Å². The largest absolute Gasteiger partial charge is 0.373 e. The molecule has 2 heterocycles. The molecule has 1 aliphatic rings. The van der Waals surface area contributed by atoms with E-state index in [-0.39, 0.29) is 6.10 Å². The van der Waals surface area contributed by atoms with Crippen LogP contribution in [0.5, 0.6) is 0 Å². The first-order valence-electron chi connectivity index (χ1n) is 5.76. The van der Waals surface area contributed by atoms with Gasteiger partial charge in [0.2, 0.25) is 0 Å². The molecule has 5 nitrogen and oxygen atoms in total. The molecule has 1 N–H and O–H groups in total. The van der Waals surface area contributed by atoms with Crippen LogP contribution in [0.3, 0.4) is 0 Å². The van der Waals surface area contributed by atoms with E-state index in [0.717, 1.165) is 31.1 Å². The molecule has 0 aliphatic carbocycles. The third-order valence-electron chi connectivity index (χ3n) is 2.81. The molecule has 96 valence electrons. The molecule has 6 heteroatoms. The summed E-state index contributed by atoms with van der Waals surface area (Å²) in [5.41, 5.74) is 1.75. The Morgan fingerprint density at radius 1 is 1.65 bits per heavy atom. The van der Waals surface area contributed by atoms with Crippen molar-refractivity contribution in [2.45, 2.75) is 19.6 Å². The minimum Gasteiger partial charge on any atom is -0.373 e. The number of nitrogens with one attached hydrogen (secondary N) is 1. The van der Waals surface area contributed by atoms with Crippen LogP contribution in [0.15, 0.2) is 0 Å². The fraction of sp³-hybridized carbons (Fsp3) is 0.727. The zero-order valence-corrected chi connectivity index (χ0v) is 11.0. The first kappa shape index (κ1) is 12.8. The number of morpholine rings is 1. The van der Waals surface area contributed by atoms with Gasteiger partial charge in [-0.2, -0.15) is 5.10 Å². The Labute approximate surface area is 106 Å². The molecule has 1 atom stereocenters. The van der Waals surface area contributed by atoms with E-state index in [4.69, 9.17) is 21.1 Å². The first-order valence-corrected chi connectivity index (χ1v) is 6.14. The van der Waals surface area contributed by atoms with E-state index in [1.54, 1.807) is 4.68 Å². The van der Waals surface area contributed by atoms with Gasteiger partial charge in [-0.05, 0) is 6.92 Å². The number of aryl methyl sites for hydroxylation is 2. The Kier molecular flexibility index (Phi) is 4.39. The summed E-state index contributed by atoms with van der Waals surface area (Å²) in [4.78, 5) is 0. The molecule has 1 aromatic rings. The quantitative estimate of drug-likeness (QED) is 0.872. The maximum atomic E-state index is 6.13. The lowest BCUT2D eigenvalue weighted by molar-refractivity contribution is -0.0367. The van der Waals surface area contributed by atoms with Gasteiger partial charge in [0.15, 0.2) is 0 Å². The first-order chi connectivity index (χ1) is 8.18. The Hall–Kier alpha value is -0.620. The van der Waals surface area contributed by atoms with Gasteiger partial charge in [-0.25, -0.2) is 0 Å². The summed E-state index contributed by atoms with van der Waals surface area (Å²) >= 11 is 6.13. The molecular weight excluding hydrogens is 242 g/mol. The minimum atomic E-state index is 0.136. The van der Waals surface area contributed by atoms with Gasteiger partial charge in [0.05, 0.1) is 42.3 Å². The fourth-order valence-corrected chi connectivity index (χ4v) is 2.07. The molecule has 0 aromatic carbocycles. The highest BCUT2D eigenvalue weighted by Gasteiger charge is 2.15. The SMILES string of the molecule is Cc1nn(C)c(COCC2CNCCO2)c1Cl. The van der Waals surface area contributed by atoms with E-state index in [1.807, 2.05) is 14.0 Å². The lowest BCUT2D eigenvalue weighted by Gasteiger charge is -2.23. The lowest BCUT2D eigenvalue weighted by atomic mass is 10.3. The van der Waals surface area contributed by atoms with Crippen LogP contribution in [-0.4, -0.2) is 42.2 Å². The highest BCUT2D eigenvalue weighted by molar-refractivity contribution is 6.31. The van der Waals surface area contributed by atoms with Crippen molar-refractivity contribution in [3.05, 3.63) is 16.4 Å². The molecular formula is C11H18ClN3O2. The average Bonchev–Trinajstić information content (AvgIpc) is 2.57. The molecule has 0 saturated carbocycles. The van der Waals surface area contributed by atoms with Crippen LogP contribution in [0, 0.1) is 6.92 Å². The summed E-state index contributed by atoms with van der Waals surface area (Å²) in [6, 6.07) is 0. The topological polar surface area (TPSA) is 48.3 Å². The minimum absolute atomic E-state index is 0.136. The highest BCUT2D eigenvalue weighted by atomic mass is 35.5. The fourth-order valence-electron chi connectivity index (χ4n) is 1.85.